The molecule has 10 heteroatoms. The number of amides is 2. The molecular formula is C21H15ClN4O4S. The molecule has 0 aliphatic carbocycles. The fourth-order valence-electron chi connectivity index (χ4n) is 2.61. The SMILES string of the molecule is O=C(NC(=S)Nc1cccc(C(=O)Nc2cccc(Cl)c2)c1)c1cccc([N+](=O)[O-])c1. The molecule has 0 atom stereocenters. The molecule has 31 heavy (non-hydrogen) atoms. The highest BCUT2D eigenvalue weighted by atomic mass is 35.5. The van der Waals surface area contributed by atoms with E-state index in [0.717, 1.165) is 6.07 Å². The van der Waals surface area contributed by atoms with Gasteiger partial charge in [0.15, 0.2) is 5.11 Å². The molecule has 0 saturated heterocycles. The number of nitrogens with one attached hydrogen (secondary N) is 3. The Bertz CT molecular complexity index is 1190. The van der Waals surface area contributed by atoms with Crippen molar-refractivity contribution < 1.29 is 14.5 Å². The Morgan fingerprint density at radius 1 is 0.839 bits per heavy atom. The van der Waals surface area contributed by atoms with E-state index in [1.807, 2.05) is 0 Å². The molecule has 0 aliphatic rings. The number of nitrogens with zero attached hydrogens (tertiary/aromatic N) is 1. The highest BCUT2D eigenvalue weighted by Crippen LogP contribution is 2.17. The number of carbonyl (C=O) groups is 2. The second-order valence-corrected chi connectivity index (χ2v) is 7.11. The molecule has 3 aromatic rings. The second kappa shape index (κ2) is 9.79. The minimum absolute atomic E-state index is 0.0242. The minimum Gasteiger partial charge on any atom is -0.332 e. The van der Waals surface area contributed by atoms with Crippen LogP contribution in [0.4, 0.5) is 17.1 Å². The molecule has 0 heterocycles. The number of thiocarbonyl (C=S) groups is 1. The van der Waals surface area contributed by atoms with Gasteiger partial charge in [0.2, 0.25) is 0 Å². The number of rotatable bonds is 5. The average molecular weight is 455 g/mol. The third-order valence-electron chi connectivity index (χ3n) is 4.01. The quantitative estimate of drug-likeness (QED) is 0.294. The molecule has 2 amide bonds. The zero-order valence-corrected chi connectivity index (χ0v) is 17.4. The Morgan fingerprint density at radius 3 is 2.13 bits per heavy atom. The van der Waals surface area contributed by atoms with Crippen LogP contribution in [0.15, 0.2) is 72.8 Å². The number of nitro groups is 1. The lowest BCUT2D eigenvalue weighted by Gasteiger charge is -2.11. The maximum Gasteiger partial charge on any atom is 0.270 e. The van der Waals surface area contributed by atoms with Crippen LogP contribution in [0.2, 0.25) is 5.02 Å². The molecule has 0 aromatic heterocycles. The van der Waals surface area contributed by atoms with Crippen LogP contribution in [-0.2, 0) is 0 Å². The van der Waals surface area contributed by atoms with E-state index >= 15 is 0 Å². The van der Waals surface area contributed by atoms with Gasteiger partial charge in [-0.1, -0.05) is 29.8 Å². The van der Waals surface area contributed by atoms with Crippen molar-refractivity contribution in [1.82, 2.24) is 5.32 Å². The fourth-order valence-corrected chi connectivity index (χ4v) is 3.01. The van der Waals surface area contributed by atoms with Gasteiger partial charge in [-0.15, -0.1) is 0 Å². The molecule has 0 aliphatic heterocycles. The topological polar surface area (TPSA) is 113 Å². The van der Waals surface area contributed by atoms with Gasteiger partial charge in [0.25, 0.3) is 17.5 Å². The van der Waals surface area contributed by atoms with Crippen molar-refractivity contribution in [2.45, 2.75) is 0 Å². The summed E-state index contributed by atoms with van der Waals surface area (Å²) < 4.78 is 0. The first-order chi connectivity index (χ1) is 14.8. The van der Waals surface area contributed by atoms with Gasteiger partial charge in [-0.05, 0) is 54.7 Å². The number of hydrogen-bond acceptors (Lipinski definition) is 5. The molecule has 156 valence electrons. The largest absolute Gasteiger partial charge is 0.332 e. The monoisotopic (exact) mass is 454 g/mol. The first-order valence-corrected chi connectivity index (χ1v) is 9.64. The zero-order valence-electron chi connectivity index (χ0n) is 15.8. The molecule has 0 unspecified atom stereocenters. The van der Waals surface area contributed by atoms with E-state index in [9.17, 15) is 19.7 Å². The molecule has 0 radical (unpaired) electrons. The Labute approximate surface area is 187 Å². The summed E-state index contributed by atoms with van der Waals surface area (Å²) in [5, 5.41) is 19.3. The maximum atomic E-state index is 12.5. The molecular weight excluding hydrogens is 440 g/mol. The predicted octanol–water partition coefficient (Wildman–Crippen LogP) is 4.63. The normalized spacial score (nSPS) is 10.1. The lowest BCUT2D eigenvalue weighted by molar-refractivity contribution is -0.384. The summed E-state index contributed by atoms with van der Waals surface area (Å²) in [6.45, 7) is 0. The molecule has 3 N–H and O–H groups in total. The third kappa shape index (κ3) is 6.08. The average Bonchev–Trinajstić information content (AvgIpc) is 2.74. The van der Waals surface area contributed by atoms with Crippen molar-refractivity contribution in [2.75, 3.05) is 10.6 Å². The molecule has 3 aromatic carbocycles. The van der Waals surface area contributed by atoms with E-state index in [2.05, 4.69) is 16.0 Å². The van der Waals surface area contributed by atoms with E-state index in [-0.39, 0.29) is 22.3 Å². The Morgan fingerprint density at radius 2 is 1.45 bits per heavy atom. The first-order valence-electron chi connectivity index (χ1n) is 8.85. The number of hydrogen-bond donors (Lipinski definition) is 3. The van der Waals surface area contributed by atoms with Gasteiger partial charge in [-0.25, -0.2) is 0 Å². The summed E-state index contributed by atoms with van der Waals surface area (Å²) in [4.78, 5) is 35.0. The summed E-state index contributed by atoms with van der Waals surface area (Å²) in [6, 6.07) is 18.5. The van der Waals surface area contributed by atoms with E-state index < -0.39 is 10.8 Å². The lowest BCUT2D eigenvalue weighted by Crippen LogP contribution is -2.34. The molecule has 0 bridgehead atoms. The molecule has 0 spiro atoms. The summed E-state index contributed by atoms with van der Waals surface area (Å²) >= 11 is 11.1. The van der Waals surface area contributed by atoms with Crippen LogP contribution in [0.3, 0.4) is 0 Å². The number of carbonyl (C=O) groups excluding carboxylic acids is 2. The summed E-state index contributed by atoms with van der Waals surface area (Å²) in [5.74, 6) is -0.950. The third-order valence-corrected chi connectivity index (χ3v) is 4.45. The van der Waals surface area contributed by atoms with Crippen LogP contribution in [0.25, 0.3) is 0 Å². The Kier molecular flexibility index (Phi) is 6.91. The van der Waals surface area contributed by atoms with Crippen LogP contribution in [0.5, 0.6) is 0 Å². The zero-order chi connectivity index (χ0) is 22.4. The highest BCUT2D eigenvalue weighted by Gasteiger charge is 2.13. The van der Waals surface area contributed by atoms with Crippen molar-refractivity contribution in [3.63, 3.8) is 0 Å². The molecule has 0 fully saturated rings. The first kappa shape index (κ1) is 21.9. The van der Waals surface area contributed by atoms with Crippen LogP contribution in [-0.4, -0.2) is 21.9 Å². The minimum atomic E-state index is -0.601. The summed E-state index contributed by atoms with van der Waals surface area (Å²) in [6.07, 6.45) is 0. The van der Waals surface area contributed by atoms with E-state index in [4.69, 9.17) is 23.8 Å². The Hall–Kier alpha value is -3.82. The van der Waals surface area contributed by atoms with Gasteiger partial charge in [0.05, 0.1) is 4.92 Å². The second-order valence-electron chi connectivity index (χ2n) is 6.26. The van der Waals surface area contributed by atoms with Crippen LogP contribution >= 0.6 is 23.8 Å². The smallest absolute Gasteiger partial charge is 0.270 e. The van der Waals surface area contributed by atoms with Crippen molar-refractivity contribution in [2.24, 2.45) is 0 Å². The van der Waals surface area contributed by atoms with Crippen molar-refractivity contribution >= 4 is 57.8 Å². The standard InChI is InChI=1S/C21H15ClN4O4S/c22-15-6-3-8-17(12-15)23-19(27)13-4-1-7-16(10-13)24-21(31)25-20(28)14-5-2-9-18(11-14)26(29)30/h1-12H,(H,23,27)(H2,24,25,28,31). The van der Waals surface area contributed by atoms with E-state index in [1.54, 1.807) is 48.5 Å². The van der Waals surface area contributed by atoms with Crippen LogP contribution in [0.1, 0.15) is 20.7 Å². The predicted molar refractivity (Wildman–Crippen MR) is 123 cm³/mol. The number of benzene rings is 3. The van der Waals surface area contributed by atoms with Gasteiger partial charge >= 0.3 is 0 Å². The van der Waals surface area contributed by atoms with Gasteiger partial charge in [-0.3, -0.25) is 25.0 Å². The summed E-state index contributed by atoms with van der Waals surface area (Å²) in [5.41, 5.74) is 1.27. The van der Waals surface area contributed by atoms with E-state index in [1.165, 1.54) is 18.2 Å². The van der Waals surface area contributed by atoms with Crippen molar-refractivity contribution in [1.29, 1.82) is 0 Å². The number of anilines is 2. The van der Waals surface area contributed by atoms with Crippen molar-refractivity contribution in [3.8, 4) is 0 Å². The lowest BCUT2D eigenvalue weighted by atomic mass is 10.2. The fraction of sp³-hybridized carbons (Fsp3) is 0. The summed E-state index contributed by atoms with van der Waals surface area (Å²) in [7, 11) is 0. The maximum absolute atomic E-state index is 12.5. The number of non-ortho nitro benzene ring substituents is 1. The van der Waals surface area contributed by atoms with Crippen molar-refractivity contribution in [3.05, 3.63) is 99.1 Å². The number of nitro benzene ring substituents is 1. The van der Waals surface area contributed by atoms with Gasteiger partial charge in [-0.2, -0.15) is 0 Å². The number of halogens is 1. The molecule has 8 nitrogen and oxygen atoms in total. The highest BCUT2D eigenvalue weighted by molar-refractivity contribution is 7.80. The van der Waals surface area contributed by atoms with E-state index in [0.29, 0.717) is 22.0 Å². The molecule has 0 saturated carbocycles. The van der Waals surface area contributed by atoms with Crippen LogP contribution < -0.4 is 16.0 Å². The van der Waals surface area contributed by atoms with Gasteiger partial charge in [0, 0.05) is 39.7 Å². The Balaban J connectivity index is 1.64. The van der Waals surface area contributed by atoms with Gasteiger partial charge in [0.1, 0.15) is 0 Å². The molecule has 3 rings (SSSR count). The van der Waals surface area contributed by atoms with Gasteiger partial charge < -0.3 is 10.6 Å². The van der Waals surface area contributed by atoms with Crippen LogP contribution in [0, 0.1) is 10.1 Å².